The standard InChI is InChI=1S/C10H19P3/c1-3-5-7-9-10(8-6-4-2)12-13-11-9/h11H,3-8H2,1-2H3. The van der Waals surface area contributed by atoms with Crippen molar-refractivity contribution in [1.29, 1.82) is 0 Å². The lowest BCUT2D eigenvalue weighted by Gasteiger charge is -2.01. The normalized spacial score (nSPS) is 12.5. The Kier molecular flexibility index (Phi) is 6.31. The number of aryl methyl sites for hydroxylation is 2. The molecule has 0 spiro atoms. The summed E-state index contributed by atoms with van der Waals surface area (Å²) in [5.74, 6) is 0. The van der Waals surface area contributed by atoms with Crippen LogP contribution in [0.3, 0.4) is 0 Å². The summed E-state index contributed by atoms with van der Waals surface area (Å²) >= 11 is 0. The fraction of sp³-hybridized carbons (Fsp3) is 0.800. The molecule has 0 aliphatic carbocycles. The van der Waals surface area contributed by atoms with Crippen LogP contribution < -0.4 is 0 Å². The van der Waals surface area contributed by atoms with Crippen molar-refractivity contribution in [3.05, 3.63) is 10.6 Å². The van der Waals surface area contributed by atoms with Gasteiger partial charge < -0.3 is 0 Å². The van der Waals surface area contributed by atoms with Crippen molar-refractivity contribution in [1.82, 2.24) is 0 Å². The summed E-state index contributed by atoms with van der Waals surface area (Å²) in [6, 6.07) is 0. The molecule has 74 valence electrons. The van der Waals surface area contributed by atoms with E-state index in [1.807, 2.05) is 5.30 Å². The second kappa shape index (κ2) is 7.00. The summed E-state index contributed by atoms with van der Waals surface area (Å²) in [4.78, 5) is 0. The smallest absolute Gasteiger partial charge is 0.00855 e. The SMILES string of the molecule is CCCCc1pp[pH]c1CCCC. The third-order valence-corrected chi connectivity index (χ3v) is 8.15. The summed E-state index contributed by atoms with van der Waals surface area (Å²) in [7, 11) is 4.44. The highest BCUT2D eigenvalue weighted by Gasteiger charge is 2.02. The van der Waals surface area contributed by atoms with E-state index < -0.39 is 0 Å². The molecule has 0 nitrogen and oxygen atoms in total. The lowest BCUT2D eigenvalue weighted by atomic mass is 10.1. The Morgan fingerprint density at radius 2 is 1.77 bits per heavy atom. The van der Waals surface area contributed by atoms with Gasteiger partial charge in [-0.3, -0.25) is 0 Å². The average molecular weight is 232 g/mol. The quantitative estimate of drug-likeness (QED) is 0.602. The van der Waals surface area contributed by atoms with Gasteiger partial charge in [-0.25, -0.2) is 0 Å². The Balaban J connectivity index is 2.45. The van der Waals surface area contributed by atoms with Crippen LogP contribution in [0.15, 0.2) is 0 Å². The fourth-order valence-electron chi connectivity index (χ4n) is 1.37. The lowest BCUT2D eigenvalue weighted by molar-refractivity contribution is 0.774. The van der Waals surface area contributed by atoms with Crippen LogP contribution in [-0.2, 0) is 12.8 Å². The monoisotopic (exact) mass is 232 g/mol. The second-order valence-corrected chi connectivity index (χ2v) is 8.88. The number of unbranched alkanes of at least 4 members (excludes halogenated alkanes) is 2. The molecule has 0 aliphatic rings. The van der Waals surface area contributed by atoms with Gasteiger partial charge in [-0.05, 0) is 51.7 Å². The van der Waals surface area contributed by atoms with Gasteiger partial charge in [0.25, 0.3) is 0 Å². The summed E-state index contributed by atoms with van der Waals surface area (Å²) in [5, 5.41) is 3.63. The van der Waals surface area contributed by atoms with E-state index in [2.05, 4.69) is 13.8 Å². The molecule has 1 atom stereocenters. The molecule has 0 aromatic carbocycles. The molecular formula is C10H19P3. The van der Waals surface area contributed by atoms with Crippen LogP contribution >= 0.6 is 23.3 Å². The molecule has 1 aromatic rings. The molecule has 0 bridgehead atoms. The molecule has 0 aliphatic heterocycles. The van der Waals surface area contributed by atoms with E-state index in [1.54, 1.807) is 20.7 Å². The zero-order valence-corrected chi connectivity index (χ0v) is 11.4. The average Bonchev–Trinajstić information content (AvgIpc) is 2.59. The van der Waals surface area contributed by atoms with Crippen LogP contribution in [0.5, 0.6) is 0 Å². The van der Waals surface area contributed by atoms with Crippen molar-refractivity contribution >= 4 is 23.3 Å². The summed E-state index contributed by atoms with van der Waals surface area (Å²) in [6.07, 6.45) is 8.29. The van der Waals surface area contributed by atoms with Gasteiger partial charge in [0.1, 0.15) is 0 Å². The van der Waals surface area contributed by atoms with Crippen molar-refractivity contribution in [3.63, 3.8) is 0 Å². The zero-order valence-electron chi connectivity index (χ0n) is 8.64. The Labute approximate surface area is 86.6 Å². The highest BCUT2D eigenvalue weighted by molar-refractivity contribution is 8.17. The number of hydrogen-bond acceptors (Lipinski definition) is 0. The molecule has 1 rings (SSSR count). The largest absolute Gasteiger partial charge is 0.102 e. The van der Waals surface area contributed by atoms with E-state index in [4.69, 9.17) is 0 Å². The van der Waals surface area contributed by atoms with Gasteiger partial charge in [-0.2, -0.15) is 0 Å². The van der Waals surface area contributed by atoms with E-state index >= 15 is 0 Å². The predicted octanol–water partition coefficient (Wildman–Crippen LogP) is 5.56. The molecule has 0 saturated heterocycles. The first kappa shape index (κ1) is 11.7. The maximum absolute atomic E-state index is 2.29. The Bertz CT molecular complexity index is 207. The molecule has 0 saturated carbocycles. The van der Waals surface area contributed by atoms with Gasteiger partial charge in [-0.1, -0.05) is 26.7 Å². The molecule has 0 radical (unpaired) electrons. The molecule has 0 amide bonds. The third kappa shape index (κ3) is 4.12. The molecule has 0 fully saturated rings. The van der Waals surface area contributed by atoms with Gasteiger partial charge in [0.15, 0.2) is 0 Å². The molecule has 3 heteroatoms. The van der Waals surface area contributed by atoms with Crippen LogP contribution in [0.4, 0.5) is 0 Å². The summed E-state index contributed by atoms with van der Waals surface area (Å²) in [5.41, 5.74) is 0. The molecule has 13 heavy (non-hydrogen) atoms. The van der Waals surface area contributed by atoms with Crippen LogP contribution in [-0.4, -0.2) is 0 Å². The Hall–Kier alpha value is 0.640. The van der Waals surface area contributed by atoms with E-state index in [0.29, 0.717) is 0 Å². The minimum absolute atomic E-state index is 1.14. The molecule has 1 heterocycles. The predicted molar refractivity (Wildman–Crippen MR) is 68.2 cm³/mol. The number of hydrogen-bond donors (Lipinski definition) is 0. The van der Waals surface area contributed by atoms with Gasteiger partial charge in [0.2, 0.25) is 0 Å². The van der Waals surface area contributed by atoms with Crippen molar-refractivity contribution in [2.45, 2.75) is 52.4 Å². The minimum atomic E-state index is 1.14. The molecular weight excluding hydrogens is 213 g/mol. The van der Waals surface area contributed by atoms with E-state index in [1.165, 1.54) is 38.5 Å². The zero-order chi connectivity index (χ0) is 9.52. The second-order valence-electron chi connectivity index (χ2n) is 3.44. The van der Waals surface area contributed by atoms with Crippen LogP contribution in [0.2, 0.25) is 0 Å². The highest BCUT2D eigenvalue weighted by Crippen LogP contribution is 2.43. The van der Waals surface area contributed by atoms with Gasteiger partial charge in [0.05, 0.1) is 0 Å². The molecule has 1 aromatic heterocycles. The first-order valence-electron chi connectivity index (χ1n) is 5.27. The first-order valence-corrected chi connectivity index (χ1v) is 9.60. The van der Waals surface area contributed by atoms with Crippen molar-refractivity contribution < 1.29 is 0 Å². The summed E-state index contributed by atoms with van der Waals surface area (Å²) < 4.78 is 0. The van der Waals surface area contributed by atoms with Crippen LogP contribution in [0, 0.1) is 0 Å². The maximum atomic E-state index is 2.29. The maximum Gasteiger partial charge on any atom is -0.00855 e. The van der Waals surface area contributed by atoms with Crippen molar-refractivity contribution in [3.8, 4) is 0 Å². The van der Waals surface area contributed by atoms with Crippen molar-refractivity contribution in [2.75, 3.05) is 0 Å². The fourth-order valence-corrected chi connectivity index (χ4v) is 8.48. The van der Waals surface area contributed by atoms with Crippen LogP contribution in [0.25, 0.3) is 0 Å². The van der Waals surface area contributed by atoms with Gasteiger partial charge in [-0.15, -0.1) is 7.87 Å². The van der Waals surface area contributed by atoms with Crippen molar-refractivity contribution in [2.24, 2.45) is 0 Å². The summed E-state index contributed by atoms with van der Waals surface area (Å²) in [6.45, 7) is 4.58. The van der Waals surface area contributed by atoms with Crippen LogP contribution in [0.1, 0.15) is 50.1 Å². The third-order valence-electron chi connectivity index (χ3n) is 2.25. The van der Waals surface area contributed by atoms with E-state index in [-0.39, 0.29) is 0 Å². The van der Waals surface area contributed by atoms with E-state index in [0.717, 1.165) is 7.87 Å². The number of rotatable bonds is 6. The molecule has 1 unspecified atom stereocenters. The Morgan fingerprint density at radius 3 is 2.46 bits per heavy atom. The Morgan fingerprint density at radius 1 is 1.08 bits per heavy atom. The minimum Gasteiger partial charge on any atom is -0.102 e. The van der Waals surface area contributed by atoms with Gasteiger partial charge in [0, 0.05) is 0 Å². The topological polar surface area (TPSA) is 0 Å². The highest BCUT2D eigenvalue weighted by atomic mass is 32.1. The molecule has 0 N–H and O–H groups in total. The van der Waals surface area contributed by atoms with E-state index in [9.17, 15) is 0 Å². The lowest BCUT2D eigenvalue weighted by Crippen LogP contribution is -1.86. The first-order chi connectivity index (χ1) is 6.38. The van der Waals surface area contributed by atoms with Gasteiger partial charge >= 0.3 is 0 Å².